The number of amides is 1. The predicted molar refractivity (Wildman–Crippen MR) is 64.9 cm³/mol. The molecular weight excluding hydrogens is 226 g/mol. The number of rotatable bonds is 4. The van der Waals surface area contributed by atoms with Gasteiger partial charge in [0.1, 0.15) is 11.1 Å². The van der Waals surface area contributed by atoms with E-state index in [1.165, 1.54) is 0 Å². The quantitative estimate of drug-likeness (QED) is 0.823. The molecule has 0 bridgehead atoms. The molecule has 3 nitrogen and oxygen atoms in total. The Bertz CT molecular complexity index is 366. The molecule has 1 aromatic rings. The molecule has 0 aliphatic carbocycles. The Morgan fingerprint density at radius 2 is 2.00 bits per heavy atom. The highest BCUT2D eigenvalue weighted by atomic mass is 35.5. The lowest BCUT2D eigenvalue weighted by Gasteiger charge is -2.17. The number of ether oxygens (including phenoxy) is 1. The Hall–Kier alpha value is -1.22. The zero-order chi connectivity index (χ0) is 12.1. The Labute approximate surface area is 101 Å². The van der Waals surface area contributed by atoms with Crippen LogP contribution in [0.4, 0.5) is 0 Å². The molecule has 0 aliphatic heterocycles. The molecule has 0 saturated carbocycles. The van der Waals surface area contributed by atoms with Crippen molar-refractivity contribution >= 4 is 17.5 Å². The van der Waals surface area contributed by atoms with Crippen molar-refractivity contribution in [2.24, 2.45) is 0 Å². The first-order valence-corrected chi connectivity index (χ1v) is 5.57. The lowest BCUT2D eigenvalue weighted by molar-refractivity contribution is -0.121. The minimum atomic E-state index is -0.530. The Balaban J connectivity index is 2.80. The average Bonchev–Trinajstić information content (AvgIpc) is 2.28. The maximum Gasteiger partial charge on any atom is 0.238 e. The minimum absolute atomic E-state index is 0.121. The van der Waals surface area contributed by atoms with Crippen molar-refractivity contribution in [1.82, 2.24) is 5.32 Å². The number of methoxy groups -OCH3 is 1. The van der Waals surface area contributed by atoms with Crippen LogP contribution in [0.1, 0.15) is 25.5 Å². The van der Waals surface area contributed by atoms with Gasteiger partial charge in [0.05, 0.1) is 13.2 Å². The zero-order valence-corrected chi connectivity index (χ0v) is 10.4. The van der Waals surface area contributed by atoms with Gasteiger partial charge in [-0.25, -0.2) is 0 Å². The third kappa shape index (κ3) is 3.14. The number of hydrogen-bond acceptors (Lipinski definition) is 2. The van der Waals surface area contributed by atoms with Crippen molar-refractivity contribution in [2.75, 3.05) is 7.11 Å². The predicted octanol–water partition coefficient (Wildman–Crippen LogP) is 2.50. The van der Waals surface area contributed by atoms with Gasteiger partial charge in [0, 0.05) is 5.56 Å². The van der Waals surface area contributed by atoms with Gasteiger partial charge in [-0.15, -0.1) is 11.6 Å². The Morgan fingerprint density at radius 1 is 1.38 bits per heavy atom. The third-order valence-electron chi connectivity index (χ3n) is 2.33. The maximum absolute atomic E-state index is 11.4. The van der Waals surface area contributed by atoms with E-state index in [9.17, 15) is 4.79 Å². The van der Waals surface area contributed by atoms with Gasteiger partial charge in [0.15, 0.2) is 0 Å². The fourth-order valence-corrected chi connectivity index (χ4v) is 1.49. The molecule has 1 amide bonds. The number of hydrogen-bond donors (Lipinski definition) is 1. The number of carbonyl (C=O) groups is 1. The van der Waals surface area contributed by atoms with Crippen molar-refractivity contribution in [3.63, 3.8) is 0 Å². The molecule has 0 heterocycles. The van der Waals surface area contributed by atoms with Gasteiger partial charge in [-0.05, 0) is 19.9 Å². The zero-order valence-electron chi connectivity index (χ0n) is 9.66. The molecule has 2 unspecified atom stereocenters. The van der Waals surface area contributed by atoms with Crippen LogP contribution in [0, 0.1) is 0 Å². The number of benzene rings is 1. The molecule has 0 aliphatic rings. The summed E-state index contributed by atoms with van der Waals surface area (Å²) in [4.78, 5) is 11.4. The number of halogens is 1. The van der Waals surface area contributed by atoms with Crippen molar-refractivity contribution in [3.05, 3.63) is 29.8 Å². The first kappa shape index (κ1) is 12.8. The molecule has 0 fully saturated rings. The highest BCUT2D eigenvalue weighted by molar-refractivity contribution is 6.30. The SMILES string of the molecule is COc1ccccc1C(C)NC(=O)C(C)Cl. The molecule has 4 heteroatoms. The summed E-state index contributed by atoms with van der Waals surface area (Å²) in [5.74, 6) is 0.581. The number of para-hydroxylation sites is 1. The van der Waals surface area contributed by atoms with Gasteiger partial charge in [0.2, 0.25) is 5.91 Å². The summed E-state index contributed by atoms with van der Waals surface area (Å²) < 4.78 is 5.22. The van der Waals surface area contributed by atoms with Crippen LogP contribution in [-0.4, -0.2) is 18.4 Å². The lowest BCUT2D eigenvalue weighted by atomic mass is 10.1. The molecule has 1 rings (SSSR count). The fourth-order valence-electron chi connectivity index (χ4n) is 1.43. The highest BCUT2D eigenvalue weighted by Crippen LogP contribution is 2.24. The summed E-state index contributed by atoms with van der Waals surface area (Å²) in [6, 6.07) is 7.46. The van der Waals surface area contributed by atoms with E-state index in [0.717, 1.165) is 11.3 Å². The molecule has 0 spiro atoms. The van der Waals surface area contributed by atoms with E-state index in [-0.39, 0.29) is 11.9 Å². The second-order valence-electron chi connectivity index (χ2n) is 3.59. The van der Waals surface area contributed by atoms with Crippen molar-refractivity contribution in [2.45, 2.75) is 25.3 Å². The van der Waals surface area contributed by atoms with Crippen LogP contribution < -0.4 is 10.1 Å². The third-order valence-corrected chi connectivity index (χ3v) is 2.52. The minimum Gasteiger partial charge on any atom is -0.496 e. The monoisotopic (exact) mass is 241 g/mol. The van der Waals surface area contributed by atoms with E-state index in [1.807, 2.05) is 31.2 Å². The first-order valence-electron chi connectivity index (χ1n) is 5.13. The summed E-state index contributed by atoms with van der Waals surface area (Å²) in [5, 5.41) is 2.29. The molecule has 2 atom stereocenters. The Kier molecular flexibility index (Phi) is 4.62. The van der Waals surface area contributed by atoms with Gasteiger partial charge >= 0.3 is 0 Å². The van der Waals surface area contributed by atoms with E-state index in [0.29, 0.717) is 0 Å². The van der Waals surface area contributed by atoms with Gasteiger partial charge in [-0.1, -0.05) is 18.2 Å². The van der Waals surface area contributed by atoms with Crippen molar-refractivity contribution in [3.8, 4) is 5.75 Å². The van der Waals surface area contributed by atoms with Crippen molar-refractivity contribution < 1.29 is 9.53 Å². The summed E-state index contributed by atoms with van der Waals surface area (Å²) in [6.07, 6.45) is 0. The van der Waals surface area contributed by atoms with Crippen LogP contribution in [0.25, 0.3) is 0 Å². The molecule has 0 saturated heterocycles. The average molecular weight is 242 g/mol. The molecular formula is C12H16ClNO2. The van der Waals surface area contributed by atoms with Crippen LogP contribution in [0.15, 0.2) is 24.3 Å². The molecule has 0 aromatic heterocycles. The van der Waals surface area contributed by atoms with E-state index >= 15 is 0 Å². The second-order valence-corrected chi connectivity index (χ2v) is 4.24. The van der Waals surface area contributed by atoms with Gasteiger partial charge < -0.3 is 10.1 Å². The molecule has 0 radical (unpaired) electrons. The van der Waals surface area contributed by atoms with Crippen LogP contribution in [0.5, 0.6) is 5.75 Å². The van der Waals surface area contributed by atoms with Crippen LogP contribution >= 0.6 is 11.6 Å². The first-order chi connectivity index (χ1) is 7.56. The van der Waals surface area contributed by atoms with Gasteiger partial charge in [0.25, 0.3) is 0 Å². The maximum atomic E-state index is 11.4. The molecule has 1 aromatic carbocycles. The largest absolute Gasteiger partial charge is 0.496 e. The fraction of sp³-hybridized carbons (Fsp3) is 0.417. The van der Waals surface area contributed by atoms with E-state index in [2.05, 4.69) is 5.32 Å². The summed E-state index contributed by atoms with van der Waals surface area (Å²) in [5.41, 5.74) is 0.940. The lowest BCUT2D eigenvalue weighted by Crippen LogP contribution is -2.32. The van der Waals surface area contributed by atoms with E-state index in [4.69, 9.17) is 16.3 Å². The molecule has 16 heavy (non-hydrogen) atoms. The number of carbonyl (C=O) groups excluding carboxylic acids is 1. The summed E-state index contributed by atoms with van der Waals surface area (Å²) >= 11 is 5.69. The normalized spacial score (nSPS) is 14.0. The standard InChI is InChI=1S/C12H16ClNO2/c1-8(13)12(15)14-9(2)10-6-4-5-7-11(10)16-3/h4-9H,1-3H3,(H,14,15). The van der Waals surface area contributed by atoms with Gasteiger partial charge in [-0.2, -0.15) is 0 Å². The summed E-state index contributed by atoms with van der Waals surface area (Å²) in [7, 11) is 1.61. The number of alkyl halides is 1. The van der Waals surface area contributed by atoms with E-state index in [1.54, 1.807) is 14.0 Å². The highest BCUT2D eigenvalue weighted by Gasteiger charge is 2.16. The summed E-state index contributed by atoms with van der Waals surface area (Å²) in [6.45, 7) is 3.54. The number of nitrogens with one attached hydrogen (secondary N) is 1. The second kappa shape index (κ2) is 5.75. The molecule has 1 N–H and O–H groups in total. The van der Waals surface area contributed by atoms with Crippen LogP contribution in [0.3, 0.4) is 0 Å². The smallest absolute Gasteiger partial charge is 0.238 e. The van der Waals surface area contributed by atoms with Crippen LogP contribution in [-0.2, 0) is 4.79 Å². The topological polar surface area (TPSA) is 38.3 Å². The molecule has 88 valence electrons. The van der Waals surface area contributed by atoms with Crippen molar-refractivity contribution in [1.29, 1.82) is 0 Å². The Morgan fingerprint density at radius 3 is 2.56 bits per heavy atom. The van der Waals surface area contributed by atoms with Crippen LogP contribution in [0.2, 0.25) is 0 Å². The van der Waals surface area contributed by atoms with E-state index < -0.39 is 5.38 Å². The van der Waals surface area contributed by atoms with Gasteiger partial charge in [-0.3, -0.25) is 4.79 Å².